The number of carbonyl (C=O) groups excluding carboxylic acids is 1. The molecule has 1 heterocycles. The number of hydrogen-bond donors (Lipinski definition) is 2. The van der Waals surface area contributed by atoms with Crippen molar-refractivity contribution < 1.29 is 14.7 Å². The van der Waals surface area contributed by atoms with Gasteiger partial charge in [0.25, 0.3) is 0 Å². The van der Waals surface area contributed by atoms with Gasteiger partial charge in [-0.15, -0.1) is 6.58 Å². The summed E-state index contributed by atoms with van der Waals surface area (Å²) in [6, 6.07) is 0. The Balaban J connectivity index is 2.75. The van der Waals surface area contributed by atoms with Gasteiger partial charge in [-0.25, -0.2) is 4.79 Å². The predicted octanol–water partition coefficient (Wildman–Crippen LogP) is 0.310. The number of carboxylic acids is 1. The third-order valence-electron chi connectivity index (χ3n) is 2.05. The zero-order valence-electron chi connectivity index (χ0n) is 8.40. The quantitative estimate of drug-likeness (QED) is 0.506. The molecule has 0 atom stereocenters. The maximum atomic E-state index is 11.4. The van der Waals surface area contributed by atoms with E-state index in [0.717, 1.165) is 12.5 Å². The highest BCUT2D eigenvalue weighted by Gasteiger charge is 2.23. The zero-order valence-corrected chi connectivity index (χ0v) is 8.40. The van der Waals surface area contributed by atoms with E-state index >= 15 is 0 Å². The van der Waals surface area contributed by atoms with E-state index in [1.165, 1.54) is 4.90 Å². The van der Waals surface area contributed by atoms with Crippen molar-refractivity contribution in [2.24, 2.45) is 0 Å². The van der Waals surface area contributed by atoms with Crippen molar-refractivity contribution in [1.29, 1.82) is 0 Å². The molecule has 15 heavy (non-hydrogen) atoms. The van der Waals surface area contributed by atoms with Crippen molar-refractivity contribution >= 4 is 11.9 Å². The van der Waals surface area contributed by atoms with Gasteiger partial charge in [-0.2, -0.15) is 0 Å². The molecular weight excluding hydrogens is 196 g/mol. The fourth-order valence-electron chi connectivity index (χ4n) is 1.42. The van der Waals surface area contributed by atoms with Crippen LogP contribution in [0.2, 0.25) is 0 Å². The van der Waals surface area contributed by atoms with Crippen LogP contribution in [-0.2, 0) is 9.59 Å². The second-order valence-corrected chi connectivity index (χ2v) is 3.19. The van der Waals surface area contributed by atoms with E-state index in [1.807, 2.05) is 0 Å². The van der Waals surface area contributed by atoms with Crippen LogP contribution in [0, 0.1) is 0 Å². The van der Waals surface area contributed by atoms with Gasteiger partial charge in [0.1, 0.15) is 5.82 Å². The maximum Gasteiger partial charge on any atom is 0.331 e. The largest absolute Gasteiger partial charge is 0.478 e. The summed E-state index contributed by atoms with van der Waals surface area (Å²) in [5, 5.41) is 11.5. The summed E-state index contributed by atoms with van der Waals surface area (Å²) < 4.78 is 0. The van der Waals surface area contributed by atoms with E-state index in [9.17, 15) is 9.59 Å². The first-order valence-corrected chi connectivity index (χ1v) is 4.75. The molecule has 1 aliphatic heterocycles. The molecule has 82 valence electrons. The number of carboxylic acid groups (broad SMARTS) is 1. The molecule has 0 bridgehead atoms. The van der Waals surface area contributed by atoms with Crippen LogP contribution in [0.5, 0.6) is 0 Å². The minimum absolute atomic E-state index is 0.0425. The maximum absolute atomic E-state index is 11.4. The lowest BCUT2D eigenvalue weighted by Gasteiger charge is -2.19. The fourth-order valence-corrected chi connectivity index (χ4v) is 1.42. The monoisotopic (exact) mass is 210 g/mol. The third kappa shape index (κ3) is 3.12. The van der Waals surface area contributed by atoms with E-state index in [-0.39, 0.29) is 5.91 Å². The molecule has 0 aromatic heterocycles. The Labute approximate surface area is 88.1 Å². The Kier molecular flexibility index (Phi) is 3.91. The summed E-state index contributed by atoms with van der Waals surface area (Å²) in [6.07, 6.45) is 3.86. The second-order valence-electron chi connectivity index (χ2n) is 3.19. The first kappa shape index (κ1) is 11.3. The predicted molar refractivity (Wildman–Crippen MR) is 54.9 cm³/mol. The number of hydrogen-bond acceptors (Lipinski definition) is 3. The molecule has 0 spiro atoms. The summed E-state index contributed by atoms with van der Waals surface area (Å²) in [4.78, 5) is 23.4. The second kappa shape index (κ2) is 5.19. The SMILES string of the molecule is C=CCNC(=CC(=O)O)N1CCCC1=O. The molecule has 2 N–H and O–H groups in total. The van der Waals surface area contributed by atoms with Crippen LogP contribution in [0.1, 0.15) is 12.8 Å². The Hall–Kier alpha value is -1.78. The number of nitrogens with zero attached hydrogens (tertiary/aromatic N) is 1. The number of aliphatic carboxylic acids is 1. The normalized spacial score (nSPS) is 16.7. The van der Waals surface area contributed by atoms with Gasteiger partial charge in [-0.1, -0.05) is 6.08 Å². The highest BCUT2D eigenvalue weighted by Crippen LogP contribution is 2.14. The van der Waals surface area contributed by atoms with E-state index in [2.05, 4.69) is 11.9 Å². The molecular formula is C10H14N2O3. The van der Waals surface area contributed by atoms with Gasteiger partial charge in [0, 0.05) is 19.5 Å². The lowest BCUT2D eigenvalue weighted by atomic mass is 10.4. The summed E-state index contributed by atoms with van der Waals surface area (Å²) in [5.41, 5.74) is 0. The lowest BCUT2D eigenvalue weighted by molar-refractivity contribution is -0.131. The molecule has 5 nitrogen and oxygen atoms in total. The van der Waals surface area contributed by atoms with Gasteiger partial charge in [0.05, 0.1) is 6.08 Å². The Morgan fingerprint density at radius 3 is 2.87 bits per heavy atom. The standard InChI is InChI=1S/C10H14N2O3/c1-2-5-11-8(7-10(14)15)12-6-3-4-9(12)13/h2,7,11H,1,3-6H2,(H,14,15). The van der Waals surface area contributed by atoms with Crippen molar-refractivity contribution in [1.82, 2.24) is 10.2 Å². The van der Waals surface area contributed by atoms with Crippen LogP contribution in [0.15, 0.2) is 24.6 Å². The van der Waals surface area contributed by atoms with Crippen molar-refractivity contribution in [2.75, 3.05) is 13.1 Å². The summed E-state index contributed by atoms with van der Waals surface area (Å²) in [6.45, 7) is 4.52. The van der Waals surface area contributed by atoms with E-state index in [0.29, 0.717) is 25.3 Å². The van der Waals surface area contributed by atoms with E-state index in [4.69, 9.17) is 5.11 Å². The smallest absolute Gasteiger partial charge is 0.331 e. The summed E-state index contributed by atoms with van der Waals surface area (Å²) >= 11 is 0. The molecule has 5 heteroatoms. The van der Waals surface area contributed by atoms with Crippen LogP contribution in [0.4, 0.5) is 0 Å². The first-order valence-electron chi connectivity index (χ1n) is 4.75. The number of carbonyl (C=O) groups is 2. The highest BCUT2D eigenvalue weighted by atomic mass is 16.4. The molecule has 1 rings (SSSR count). The highest BCUT2D eigenvalue weighted by molar-refractivity contribution is 5.84. The van der Waals surface area contributed by atoms with Crippen LogP contribution in [0.25, 0.3) is 0 Å². The van der Waals surface area contributed by atoms with Crippen LogP contribution < -0.4 is 5.32 Å². The van der Waals surface area contributed by atoms with Crippen molar-refractivity contribution in [3.63, 3.8) is 0 Å². The molecule has 1 amide bonds. The number of rotatable bonds is 5. The fraction of sp³-hybridized carbons (Fsp3) is 0.400. The average Bonchev–Trinajstić information content (AvgIpc) is 2.58. The Morgan fingerprint density at radius 1 is 1.67 bits per heavy atom. The number of amides is 1. The van der Waals surface area contributed by atoms with Crippen LogP contribution in [-0.4, -0.2) is 35.0 Å². The molecule has 0 aromatic carbocycles. The van der Waals surface area contributed by atoms with Gasteiger partial charge in [0.15, 0.2) is 0 Å². The van der Waals surface area contributed by atoms with Gasteiger partial charge in [-0.05, 0) is 6.42 Å². The Morgan fingerprint density at radius 2 is 2.40 bits per heavy atom. The summed E-state index contributed by atoms with van der Waals surface area (Å²) in [7, 11) is 0. The average molecular weight is 210 g/mol. The zero-order chi connectivity index (χ0) is 11.3. The van der Waals surface area contributed by atoms with Gasteiger partial charge < -0.3 is 10.4 Å². The topological polar surface area (TPSA) is 69.6 Å². The molecule has 1 saturated heterocycles. The Bertz CT molecular complexity index is 310. The van der Waals surface area contributed by atoms with E-state index in [1.54, 1.807) is 6.08 Å². The first-order chi connectivity index (χ1) is 7.15. The van der Waals surface area contributed by atoms with Crippen LogP contribution in [0.3, 0.4) is 0 Å². The van der Waals surface area contributed by atoms with Gasteiger partial charge >= 0.3 is 5.97 Å². The molecule has 0 radical (unpaired) electrons. The van der Waals surface area contributed by atoms with Gasteiger partial charge in [-0.3, -0.25) is 9.69 Å². The van der Waals surface area contributed by atoms with Crippen molar-refractivity contribution in [3.8, 4) is 0 Å². The number of likely N-dealkylation sites (tertiary alicyclic amines) is 1. The summed E-state index contributed by atoms with van der Waals surface area (Å²) in [5.74, 6) is -0.773. The molecule has 0 unspecified atom stereocenters. The van der Waals surface area contributed by atoms with Crippen molar-refractivity contribution in [2.45, 2.75) is 12.8 Å². The molecule has 0 aliphatic carbocycles. The third-order valence-corrected chi connectivity index (χ3v) is 2.05. The number of nitrogens with one attached hydrogen (secondary N) is 1. The molecule has 1 aliphatic rings. The molecule has 0 saturated carbocycles. The van der Waals surface area contributed by atoms with Gasteiger partial charge in [0.2, 0.25) is 5.91 Å². The van der Waals surface area contributed by atoms with E-state index < -0.39 is 5.97 Å². The van der Waals surface area contributed by atoms with Crippen LogP contribution >= 0.6 is 0 Å². The minimum atomic E-state index is -1.07. The minimum Gasteiger partial charge on any atom is -0.478 e. The molecule has 0 aromatic rings. The van der Waals surface area contributed by atoms with Crippen molar-refractivity contribution in [3.05, 3.63) is 24.6 Å². The lowest BCUT2D eigenvalue weighted by Crippen LogP contribution is -2.33. The molecule has 1 fully saturated rings.